The lowest BCUT2D eigenvalue weighted by Crippen LogP contribution is -2.61. The second kappa shape index (κ2) is 27.8. The van der Waals surface area contributed by atoms with E-state index in [0.717, 1.165) is 0 Å². The van der Waals surface area contributed by atoms with E-state index < -0.39 is 36.1 Å². The molecule has 1 heterocycles. The van der Waals surface area contributed by atoms with E-state index in [1.54, 1.807) is 0 Å². The number of methoxy groups -OCH3 is 2. The van der Waals surface area contributed by atoms with E-state index in [2.05, 4.69) is 41.4 Å². The van der Waals surface area contributed by atoms with Crippen molar-refractivity contribution in [3.05, 3.63) is 0 Å². The van der Waals surface area contributed by atoms with Crippen LogP contribution in [0.4, 0.5) is 0 Å². The van der Waals surface area contributed by atoms with Crippen molar-refractivity contribution in [2.75, 3.05) is 40.4 Å². The molecule has 10 N–H and O–H groups in total. The molecule has 4 unspecified atom stereocenters. The zero-order valence-corrected chi connectivity index (χ0v) is 29.0. The van der Waals surface area contributed by atoms with Crippen molar-refractivity contribution < 1.29 is 47.8 Å². The highest BCUT2D eigenvalue weighted by molar-refractivity contribution is 5.97. The minimum absolute atomic E-state index is 0.0955. The van der Waals surface area contributed by atoms with Gasteiger partial charge in [-0.15, -0.1) is 0 Å². The van der Waals surface area contributed by atoms with Gasteiger partial charge in [0.05, 0.1) is 14.2 Å². The van der Waals surface area contributed by atoms with E-state index in [4.69, 9.17) is 11.5 Å². The maximum atomic E-state index is 11.9. The normalized spacial score (nSPS) is 16.0. The highest BCUT2D eigenvalue weighted by Gasteiger charge is 2.33. The molecule has 1 aliphatic heterocycles. The van der Waals surface area contributed by atoms with Gasteiger partial charge in [-0.1, -0.05) is 0 Å². The molecule has 0 radical (unpaired) electrons. The minimum atomic E-state index is -0.701. The zero-order valence-electron chi connectivity index (χ0n) is 29.0. The third kappa shape index (κ3) is 22.2. The van der Waals surface area contributed by atoms with E-state index in [0.29, 0.717) is 39.0 Å². The molecule has 6 amide bonds. The lowest BCUT2D eigenvalue weighted by atomic mass is 10.0. The van der Waals surface area contributed by atoms with Crippen LogP contribution in [0.3, 0.4) is 0 Å². The van der Waals surface area contributed by atoms with Crippen molar-refractivity contribution in [3.8, 4) is 0 Å². The summed E-state index contributed by atoms with van der Waals surface area (Å²) in [5, 5.41) is 15.7. The van der Waals surface area contributed by atoms with Gasteiger partial charge in [-0.2, -0.15) is 0 Å². The van der Waals surface area contributed by atoms with Gasteiger partial charge in [0.25, 0.3) is 0 Å². The molecule has 0 aliphatic carbocycles. The Kier molecular flexibility index (Phi) is 26.5. The average Bonchev–Trinajstić information content (AvgIpc) is 3.05. The van der Waals surface area contributed by atoms with Gasteiger partial charge in [0.2, 0.25) is 35.4 Å². The van der Waals surface area contributed by atoms with Crippen molar-refractivity contribution >= 4 is 47.4 Å². The summed E-state index contributed by atoms with van der Waals surface area (Å²) in [6, 6.07) is -2.80. The maximum absolute atomic E-state index is 11.9. The van der Waals surface area contributed by atoms with Crippen molar-refractivity contribution in [1.82, 2.24) is 31.9 Å². The molecule has 0 bridgehead atoms. The fourth-order valence-electron chi connectivity index (χ4n) is 3.89. The van der Waals surface area contributed by atoms with Crippen LogP contribution in [0.15, 0.2) is 0 Å². The van der Waals surface area contributed by atoms with Crippen molar-refractivity contribution in [2.24, 2.45) is 11.5 Å². The summed E-state index contributed by atoms with van der Waals surface area (Å²) < 4.78 is 8.82. The molecule has 0 aromatic heterocycles. The summed E-state index contributed by atoms with van der Waals surface area (Å²) in [5.41, 5.74) is 10.8. The van der Waals surface area contributed by atoms with Crippen LogP contribution >= 0.6 is 0 Å². The summed E-state index contributed by atoms with van der Waals surface area (Å²) in [6.07, 6.45) is 2.01. The summed E-state index contributed by atoms with van der Waals surface area (Å²) in [4.78, 5) is 90.1. The number of piperazine rings is 1. The first-order chi connectivity index (χ1) is 22.7. The summed E-state index contributed by atoms with van der Waals surface area (Å²) in [6.45, 7) is 9.53. The summed E-state index contributed by atoms with van der Waals surface area (Å²) >= 11 is 0. The fraction of sp³-hybridized carbons (Fsp3) is 0.733. The Balaban J connectivity index is 0. The number of hydrogen-bond acceptors (Lipinski definition) is 12. The Hall–Kier alpha value is -4.32. The third-order valence-corrected chi connectivity index (χ3v) is 6.45. The largest absolute Gasteiger partial charge is 0.468 e. The van der Waals surface area contributed by atoms with Crippen LogP contribution in [0.25, 0.3) is 0 Å². The summed E-state index contributed by atoms with van der Waals surface area (Å²) in [5.74, 6) is -2.09. The van der Waals surface area contributed by atoms with Crippen LogP contribution in [0.1, 0.15) is 79.1 Å². The van der Waals surface area contributed by atoms with Crippen LogP contribution in [0.5, 0.6) is 0 Å². The van der Waals surface area contributed by atoms with E-state index >= 15 is 0 Å². The predicted octanol–water partition coefficient (Wildman–Crippen LogP) is -2.39. The number of rotatable bonds is 18. The molecule has 18 nitrogen and oxygen atoms in total. The topological polar surface area (TPSA) is 279 Å². The van der Waals surface area contributed by atoms with E-state index in [9.17, 15) is 38.4 Å². The molecular weight excluding hydrogens is 632 g/mol. The lowest BCUT2D eigenvalue weighted by molar-refractivity contribution is -0.143. The number of esters is 2. The van der Waals surface area contributed by atoms with Gasteiger partial charge >= 0.3 is 11.9 Å². The van der Waals surface area contributed by atoms with Crippen LogP contribution in [-0.4, -0.2) is 112 Å². The highest BCUT2D eigenvalue weighted by atomic mass is 16.5. The van der Waals surface area contributed by atoms with E-state index in [1.165, 1.54) is 14.2 Å². The Bertz CT molecular complexity index is 963. The van der Waals surface area contributed by atoms with Crippen molar-refractivity contribution in [1.29, 1.82) is 0 Å². The number of hydrogen-bond donors (Lipinski definition) is 8. The number of carbonyl (C=O) groups is 8. The van der Waals surface area contributed by atoms with Crippen LogP contribution in [-0.2, 0) is 47.8 Å². The van der Waals surface area contributed by atoms with Gasteiger partial charge in [-0.05, 0) is 53.4 Å². The average molecular weight is 689 g/mol. The molecule has 1 fully saturated rings. The molecule has 0 aromatic carbocycles. The molecule has 18 heteroatoms. The van der Waals surface area contributed by atoms with Gasteiger partial charge in [-0.3, -0.25) is 38.4 Å². The molecule has 276 valence electrons. The molecule has 1 rings (SSSR count). The lowest BCUT2D eigenvalue weighted by Gasteiger charge is -2.29. The Morgan fingerprint density at radius 3 is 1.10 bits per heavy atom. The van der Waals surface area contributed by atoms with Gasteiger partial charge in [0.15, 0.2) is 0 Å². The first-order valence-corrected chi connectivity index (χ1v) is 16.0. The third-order valence-electron chi connectivity index (χ3n) is 6.45. The van der Waals surface area contributed by atoms with Gasteiger partial charge in [0, 0.05) is 51.9 Å². The standard InChI is InChI=1S/C14H24N4O4.2C8H16N2O3/c1-3-15-11(19)7-5-9-13(21)18-10(14(22)17-9)6-8-12(20)16-4-2;2*1-3-10-7(11)5-4-6(9)8(12)13-2/h9-10H,3-8H2,1-2H3,(H,15,19)(H,16,20)(H,17,22)(H,18,21);2*6H,3-5,9H2,1-2H3,(H,10,11). The van der Waals surface area contributed by atoms with E-state index in [-0.39, 0.29) is 74.0 Å². The Morgan fingerprint density at radius 2 is 0.854 bits per heavy atom. The Morgan fingerprint density at radius 1 is 0.583 bits per heavy atom. The second-order valence-corrected chi connectivity index (χ2v) is 10.4. The van der Waals surface area contributed by atoms with Crippen molar-refractivity contribution in [2.45, 2.75) is 103 Å². The molecule has 0 spiro atoms. The molecule has 1 saturated heterocycles. The van der Waals surface area contributed by atoms with Crippen LogP contribution in [0.2, 0.25) is 0 Å². The van der Waals surface area contributed by atoms with Gasteiger partial charge in [0.1, 0.15) is 24.2 Å². The zero-order chi connectivity index (χ0) is 37.1. The summed E-state index contributed by atoms with van der Waals surface area (Å²) in [7, 11) is 2.54. The maximum Gasteiger partial charge on any atom is 0.322 e. The molecule has 0 aromatic rings. The first-order valence-electron chi connectivity index (χ1n) is 16.0. The molecular formula is C30H56N8O10. The smallest absolute Gasteiger partial charge is 0.322 e. The fourth-order valence-corrected chi connectivity index (χ4v) is 3.89. The number of ether oxygens (including phenoxy) is 2. The molecule has 1 aliphatic rings. The molecule has 0 saturated carbocycles. The highest BCUT2D eigenvalue weighted by Crippen LogP contribution is 2.08. The quantitative estimate of drug-likeness (QED) is 0.0701. The SMILES string of the molecule is CCNC(=O)CCC(N)C(=O)OC.CCNC(=O)CCC(N)C(=O)OC.CCNC(=O)CCC1NC(=O)C(CCC(=O)NCC)NC1=O. The van der Waals surface area contributed by atoms with Gasteiger partial charge < -0.3 is 52.8 Å². The van der Waals surface area contributed by atoms with Crippen LogP contribution in [0, 0.1) is 0 Å². The van der Waals surface area contributed by atoms with Gasteiger partial charge in [-0.25, -0.2) is 0 Å². The monoisotopic (exact) mass is 688 g/mol. The van der Waals surface area contributed by atoms with Crippen LogP contribution < -0.4 is 43.4 Å². The minimum Gasteiger partial charge on any atom is -0.468 e. The second-order valence-electron chi connectivity index (χ2n) is 10.4. The van der Waals surface area contributed by atoms with Crippen molar-refractivity contribution in [3.63, 3.8) is 0 Å². The first kappa shape index (κ1) is 45.8. The number of nitrogens with one attached hydrogen (secondary N) is 6. The van der Waals surface area contributed by atoms with E-state index in [1.807, 2.05) is 27.7 Å². The molecule has 4 atom stereocenters. The predicted molar refractivity (Wildman–Crippen MR) is 176 cm³/mol. The number of amides is 6. The molecule has 48 heavy (non-hydrogen) atoms. The Labute approximate surface area is 282 Å². The number of nitrogens with two attached hydrogens (primary N) is 2. The number of carbonyl (C=O) groups excluding carboxylic acids is 8.